The largest absolute Gasteiger partial charge is 0.299 e. The standard InChI is InChI=1S/C15H24O/c1-11(2)8-12-9-13-6-4-5-7-14(16)15(13,3)10-12/h8,12-13H,4-7,9-10H2,1-3H3/t12-,13+,15-/m0/s1. The Hall–Kier alpha value is -0.590. The fraction of sp³-hybridized carbons (Fsp3) is 0.800. The minimum atomic E-state index is 0.00706. The van der Waals surface area contributed by atoms with Crippen LogP contribution in [0.4, 0.5) is 0 Å². The summed E-state index contributed by atoms with van der Waals surface area (Å²) < 4.78 is 0. The monoisotopic (exact) mass is 220 g/mol. The molecular weight excluding hydrogens is 196 g/mol. The molecule has 16 heavy (non-hydrogen) atoms. The van der Waals surface area contributed by atoms with Crippen LogP contribution >= 0.6 is 0 Å². The Bertz CT molecular complexity index is 311. The van der Waals surface area contributed by atoms with E-state index in [2.05, 4.69) is 26.8 Å². The van der Waals surface area contributed by atoms with Gasteiger partial charge in [0, 0.05) is 11.8 Å². The van der Waals surface area contributed by atoms with E-state index in [1.54, 1.807) is 0 Å². The molecule has 0 amide bonds. The molecule has 0 spiro atoms. The molecule has 0 aliphatic heterocycles. The van der Waals surface area contributed by atoms with E-state index in [0.29, 0.717) is 17.6 Å². The van der Waals surface area contributed by atoms with Crippen LogP contribution in [0.25, 0.3) is 0 Å². The van der Waals surface area contributed by atoms with Gasteiger partial charge in [-0.3, -0.25) is 4.79 Å². The summed E-state index contributed by atoms with van der Waals surface area (Å²) in [5, 5.41) is 0. The summed E-state index contributed by atoms with van der Waals surface area (Å²) >= 11 is 0. The number of fused-ring (bicyclic) bond motifs is 1. The Morgan fingerprint density at radius 3 is 2.81 bits per heavy atom. The highest BCUT2D eigenvalue weighted by atomic mass is 16.1. The van der Waals surface area contributed by atoms with Crippen LogP contribution in [0.3, 0.4) is 0 Å². The van der Waals surface area contributed by atoms with E-state index < -0.39 is 0 Å². The molecule has 2 aliphatic carbocycles. The van der Waals surface area contributed by atoms with Crippen LogP contribution in [0.5, 0.6) is 0 Å². The molecule has 0 heterocycles. The zero-order valence-corrected chi connectivity index (χ0v) is 10.9. The van der Waals surface area contributed by atoms with E-state index >= 15 is 0 Å². The zero-order chi connectivity index (χ0) is 11.8. The second-order valence-corrected chi connectivity index (χ2v) is 6.23. The highest BCUT2D eigenvalue weighted by Gasteiger charge is 2.48. The van der Waals surface area contributed by atoms with Gasteiger partial charge in [0.2, 0.25) is 0 Å². The molecular formula is C15H24O. The van der Waals surface area contributed by atoms with E-state index in [1.165, 1.54) is 24.8 Å². The molecule has 2 saturated carbocycles. The minimum absolute atomic E-state index is 0.00706. The van der Waals surface area contributed by atoms with Gasteiger partial charge in [0.1, 0.15) is 5.78 Å². The lowest BCUT2D eigenvalue weighted by Gasteiger charge is -2.27. The van der Waals surface area contributed by atoms with Crippen LogP contribution in [0, 0.1) is 17.3 Å². The van der Waals surface area contributed by atoms with Crippen molar-refractivity contribution in [1.29, 1.82) is 0 Å². The highest BCUT2D eigenvalue weighted by Crippen LogP contribution is 2.52. The van der Waals surface area contributed by atoms with Gasteiger partial charge in [-0.15, -0.1) is 0 Å². The van der Waals surface area contributed by atoms with Gasteiger partial charge in [0.05, 0.1) is 0 Å². The van der Waals surface area contributed by atoms with E-state index in [1.807, 2.05) is 0 Å². The lowest BCUT2D eigenvalue weighted by Crippen LogP contribution is -2.30. The molecule has 0 bridgehead atoms. The van der Waals surface area contributed by atoms with E-state index in [4.69, 9.17) is 0 Å². The van der Waals surface area contributed by atoms with Crippen LogP contribution < -0.4 is 0 Å². The van der Waals surface area contributed by atoms with Gasteiger partial charge < -0.3 is 0 Å². The van der Waals surface area contributed by atoms with Crippen molar-refractivity contribution in [3.05, 3.63) is 11.6 Å². The van der Waals surface area contributed by atoms with Crippen LogP contribution in [0.1, 0.15) is 59.3 Å². The third kappa shape index (κ3) is 2.09. The van der Waals surface area contributed by atoms with Gasteiger partial charge >= 0.3 is 0 Å². The molecule has 1 heteroatoms. The Morgan fingerprint density at radius 1 is 1.38 bits per heavy atom. The molecule has 2 aliphatic rings. The molecule has 1 nitrogen and oxygen atoms in total. The summed E-state index contributed by atoms with van der Waals surface area (Å²) in [4.78, 5) is 12.2. The average molecular weight is 220 g/mol. The maximum absolute atomic E-state index is 12.2. The van der Waals surface area contributed by atoms with Crippen molar-refractivity contribution in [2.45, 2.75) is 59.3 Å². The smallest absolute Gasteiger partial charge is 0.139 e. The Labute approximate surface area is 99.3 Å². The second kappa shape index (κ2) is 4.35. The molecule has 90 valence electrons. The Morgan fingerprint density at radius 2 is 2.12 bits per heavy atom. The summed E-state index contributed by atoms with van der Waals surface area (Å²) in [7, 11) is 0. The number of Topliss-reactive ketones (excluding diaryl/α,β-unsaturated/α-hetero) is 1. The van der Waals surface area contributed by atoms with Gasteiger partial charge in [-0.25, -0.2) is 0 Å². The van der Waals surface area contributed by atoms with E-state index in [9.17, 15) is 4.79 Å². The van der Waals surface area contributed by atoms with Gasteiger partial charge in [0.15, 0.2) is 0 Å². The lowest BCUT2D eigenvalue weighted by atomic mass is 9.75. The molecule has 2 fully saturated rings. The summed E-state index contributed by atoms with van der Waals surface area (Å²) in [6.45, 7) is 6.56. The molecule has 0 aromatic rings. The average Bonchev–Trinajstić information content (AvgIpc) is 2.43. The molecule has 0 saturated heterocycles. The number of hydrogen-bond acceptors (Lipinski definition) is 1. The first-order chi connectivity index (χ1) is 7.52. The SMILES string of the molecule is CC(C)=C[C@H]1C[C@H]2CCCCC(=O)[C@@]2(C)C1. The summed E-state index contributed by atoms with van der Waals surface area (Å²) in [6, 6.07) is 0. The predicted molar refractivity (Wildman–Crippen MR) is 67.2 cm³/mol. The number of carbonyl (C=O) groups is 1. The molecule has 0 aromatic heterocycles. The second-order valence-electron chi connectivity index (χ2n) is 6.23. The molecule has 3 atom stereocenters. The van der Waals surface area contributed by atoms with E-state index in [-0.39, 0.29) is 5.41 Å². The maximum atomic E-state index is 12.2. The van der Waals surface area contributed by atoms with Crippen molar-refractivity contribution in [1.82, 2.24) is 0 Å². The number of rotatable bonds is 1. The van der Waals surface area contributed by atoms with E-state index in [0.717, 1.165) is 19.3 Å². The Balaban J connectivity index is 2.18. The fourth-order valence-electron chi connectivity index (χ4n) is 3.76. The molecule has 0 aromatic carbocycles. The minimum Gasteiger partial charge on any atom is -0.299 e. The van der Waals surface area contributed by atoms with Gasteiger partial charge in [-0.2, -0.15) is 0 Å². The highest BCUT2D eigenvalue weighted by molar-refractivity contribution is 5.85. The van der Waals surface area contributed by atoms with Crippen LogP contribution in [-0.2, 0) is 4.79 Å². The van der Waals surface area contributed by atoms with Crippen LogP contribution in [-0.4, -0.2) is 5.78 Å². The lowest BCUT2D eigenvalue weighted by molar-refractivity contribution is -0.129. The quantitative estimate of drug-likeness (QED) is 0.607. The number of allylic oxidation sites excluding steroid dienone is 2. The topological polar surface area (TPSA) is 17.1 Å². The number of ketones is 1. The van der Waals surface area contributed by atoms with Crippen molar-refractivity contribution in [2.24, 2.45) is 17.3 Å². The first-order valence-electron chi connectivity index (χ1n) is 6.70. The normalized spacial score (nSPS) is 39.1. The third-order valence-electron chi connectivity index (χ3n) is 4.59. The zero-order valence-electron chi connectivity index (χ0n) is 10.9. The molecule has 0 radical (unpaired) electrons. The van der Waals surface area contributed by atoms with Gasteiger partial charge in [0.25, 0.3) is 0 Å². The van der Waals surface area contributed by atoms with Crippen molar-refractivity contribution < 1.29 is 4.79 Å². The van der Waals surface area contributed by atoms with Crippen molar-refractivity contribution in [3.8, 4) is 0 Å². The Kier molecular flexibility index (Phi) is 3.23. The van der Waals surface area contributed by atoms with Crippen molar-refractivity contribution in [2.75, 3.05) is 0 Å². The maximum Gasteiger partial charge on any atom is 0.139 e. The number of hydrogen-bond donors (Lipinski definition) is 0. The predicted octanol–water partition coefficient (Wildman–Crippen LogP) is 4.13. The first-order valence-corrected chi connectivity index (χ1v) is 6.70. The molecule has 2 rings (SSSR count). The van der Waals surface area contributed by atoms with Gasteiger partial charge in [-0.1, -0.05) is 25.0 Å². The fourth-order valence-corrected chi connectivity index (χ4v) is 3.76. The van der Waals surface area contributed by atoms with Crippen molar-refractivity contribution >= 4 is 5.78 Å². The summed E-state index contributed by atoms with van der Waals surface area (Å²) in [5.41, 5.74) is 1.41. The summed E-state index contributed by atoms with van der Waals surface area (Å²) in [5.74, 6) is 1.85. The van der Waals surface area contributed by atoms with Gasteiger partial charge in [-0.05, 0) is 51.4 Å². The number of carbonyl (C=O) groups excluding carboxylic acids is 1. The van der Waals surface area contributed by atoms with Crippen LogP contribution in [0.2, 0.25) is 0 Å². The molecule has 0 unspecified atom stereocenters. The first kappa shape index (κ1) is 11.9. The molecule has 0 N–H and O–H groups in total. The van der Waals surface area contributed by atoms with Crippen LogP contribution in [0.15, 0.2) is 11.6 Å². The summed E-state index contributed by atoms with van der Waals surface area (Å²) in [6.07, 6.45) is 9.21. The van der Waals surface area contributed by atoms with Crippen molar-refractivity contribution in [3.63, 3.8) is 0 Å². The third-order valence-corrected chi connectivity index (χ3v) is 4.59.